The predicted molar refractivity (Wildman–Crippen MR) is 64.1 cm³/mol. The molecule has 0 spiro atoms. The SMILES string of the molecule is OC1(c2cc(F)ccc2F)CCc2c(F)cccc21. The highest BCUT2D eigenvalue weighted by Gasteiger charge is 2.41. The number of benzene rings is 2. The van der Waals surface area contributed by atoms with Crippen molar-refractivity contribution in [2.45, 2.75) is 18.4 Å². The Kier molecular flexibility index (Phi) is 2.64. The Morgan fingerprint density at radius 2 is 1.74 bits per heavy atom. The number of rotatable bonds is 1. The Bertz CT molecular complexity index is 654. The van der Waals surface area contributed by atoms with Gasteiger partial charge in [0.05, 0.1) is 0 Å². The van der Waals surface area contributed by atoms with Crippen molar-refractivity contribution in [2.24, 2.45) is 0 Å². The highest BCUT2D eigenvalue weighted by Crippen LogP contribution is 2.43. The van der Waals surface area contributed by atoms with Crippen LogP contribution in [0.25, 0.3) is 0 Å². The lowest BCUT2D eigenvalue weighted by atomic mass is 9.87. The molecule has 0 aromatic heterocycles. The van der Waals surface area contributed by atoms with Gasteiger partial charge in [0.25, 0.3) is 0 Å². The molecule has 1 N–H and O–H groups in total. The Morgan fingerprint density at radius 1 is 0.947 bits per heavy atom. The summed E-state index contributed by atoms with van der Waals surface area (Å²) < 4.78 is 40.8. The molecular weight excluding hydrogens is 253 g/mol. The molecule has 0 bridgehead atoms. The summed E-state index contributed by atoms with van der Waals surface area (Å²) in [6.07, 6.45) is 0.443. The van der Waals surface area contributed by atoms with Gasteiger partial charge in [-0.05, 0) is 48.2 Å². The standard InChI is InChI=1S/C15H11F3O/c16-9-4-5-14(18)12(8-9)15(19)7-6-10-11(15)2-1-3-13(10)17/h1-5,8,19H,6-7H2. The molecule has 1 atom stereocenters. The van der Waals surface area contributed by atoms with Gasteiger partial charge in [-0.15, -0.1) is 0 Å². The summed E-state index contributed by atoms with van der Waals surface area (Å²) in [7, 11) is 0. The van der Waals surface area contributed by atoms with E-state index in [-0.39, 0.29) is 12.0 Å². The fourth-order valence-electron chi connectivity index (χ4n) is 2.73. The smallest absolute Gasteiger partial charge is 0.129 e. The number of halogens is 3. The molecule has 1 aliphatic rings. The highest BCUT2D eigenvalue weighted by molar-refractivity contribution is 5.46. The number of hydrogen-bond acceptors (Lipinski definition) is 1. The Morgan fingerprint density at radius 3 is 2.53 bits per heavy atom. The van der Waals surface area contributed by atoms with Gasteiger partial charge in [-0.1, -0.05) is 12.1 Å². The molecule has 4 heteroatoms. The van der Waals surface area contributed by atoms with Crippen molar-refractivity contribution in [1.82, 2.24) is 0 Å². The molecule has 1 aliphatic carbocycles. The molecule has 19 heavy (non-hydrogen) atoms. The van der Waals surface area contributed by atoms with Crippen LogP contribution in [0.5, 0.6) is 0 Å². The van der Waals surface area contributed by atoms with Crippen LogP contribution in [0.1, 0.15) is 23.1 Å². The van der Waals surface area contributed by atoms with Crippen molar-refractivity contribution in [3.8, 4) is 0 Å². The molecule has 0 saturated carbocycles. The lowest BCUT2D eigenvalue weighted by molar-refractivity contribution is 0.0785. The number of hydrogen-bond donors (Lipinski definition) is 1. The van der Waals surface area contributed by atoms with Crippen LogP contribution < -0.4 is 0 Å². The minimum absolute atomic E-state index is 0.142. The van der Waals surface area contributed by atoms with Gasteiger partial charge in [0.15, 0.2) is 0 Å². The van der Waals surface area contributed by atoms with Crippen molar-refractivity contribution in [2.75, 3.05) is 0 Å². The van der Waals surface area contributed by atoms with Gasteiger partial charge in [-0.25, -0.2) is 13.2 Å². The van der Waals surface area contributed by atoms with Crippen molar-refractivity contribution >= 4 is 0 Å². The van der Waals surface area contributed by atoms with E-state index in [1.54, 1.807) is 6.07 Å². The van der Waals surface area contributed by atoms with Gasteiger partial charge in [0, 0.05) is 5.56 Å². The Hall–Kier alpha value is -1.81. The van der Waals surface area contributed by atoms with Crippen LogP contribution in [0.2, 0.25) is 0 Å². The molecule has 0 saturated heterocycles. The second-order valence-electron chi connectivity index (χ2n) is 4.75. The summed E-state index contributed by atoms with van der Waals surface area (Å²) in [6, 6.07) is 7.24. The van der Waals surface area contributed by atoms with E-state index in [2.05, 4.69) is 0 Å². The van der Waals surface area contributed by atoms with Crippen molar-refractivity contribution in [3.63, 3.8) is 0 Å². The van der Waals surface area contributed by atoms with E-state index in [9.17, 15) is 18.3 Å². The lowest BCUT2D eigenvalue weighted by Crippen LogP contribution is -2.25. The topological polar surface area (TPSA) is 20.2 Å². The zero-order chi connectivity index (χ0) is 13.6. The average Bonchev–Trinajstić information content (AvgIpc) is 2.73. The minimum Gasteiger partial charge on any atom is -0.380 e. The maximum absolute atomic E-state index is 13.8. The largest absolute Gasteiger partial charge is 0.380 e. The van der Waals surface area contributed by atoms with Gasteiger partial charge in [-0.3, -0.25) is 0 Å². The van der Waals surface area contributed by atoms with Crippen molar-refractivity contribution in [1.29, 1.82) is 0 Å². The summed E-state index contributed by atoms with van der Waals surface area (Å²) in [5.74, 6) is -1.75. The second-order valence-corrected chi connectivity index (χ2v) is 4.75. The molecule has 1 nitrogen and oxygen atoms in total. The van der Waals surface area contributed by atoms with E-state index >= 15 is 0 Å². The normalized spacial score (nSPS) is 21.5. The molecule has 0 heterocycles. The molecule has 98 valence electrons. The van der Waals surface area contributed by atoms with Crippen LogP contribution in [0.3, 0.4) is 0 Å². The van der Waals surface area contributed by atoms with E-state index in [4.69, 9.17) is 0 Å². The van der Waals surface area contributed by atoms with E-state index in [0.717, 1.165) is 18.2 Å². The van der Waals surface area contributed by atoms with Crippen LogP contribution in [0, 0.1) is 17.5 Å². The maximum Gasteiger partial charge on any atom is 0.129 e. The van der Waals surface area contributed by atoms with E-state index in [1.165, 1.54) is 12.1 Å². The van der Waals surface area contributed by atoms with Gasteiger partial charge >= 0.3 is 0 Å². The highest BCUT2D eigenvalue weighted by atomic mass is 19.1. The second kappa shape index (κ2) is 4.10. The minimum atomic E-state index is -1.66. The first-order chi connectivity index (χ1) is 9.02. The molecule has 0 aliphatic heterocycles. The molecule has 1 unspecified atom stereocenters. The average molecular weight is 264 g/mol. The molecule has 2 aromatic carbocycles. The van der Waals surface area contributed by atoms with Crippen LogP contribution in [-0.4, -0.2) is 5.11 Å². The zero-order valence-corrected chi connectivity index (χ0v) is 9.96. The third-order valence-electron chi connectivity index (χ3n) is 3.68. The quantitative estimate of drug-likeness (QED) is 0.838. The first-order valence-corrected chi connectivity index (χ1v) is 5.98. The zero-order valence-electron chi connectivity index (χ0n) is 9.96. The molecule has 3 rings (SSSR count). The third-order valence-corrected chi connectivity index (χ3v) is 3.68. The molecule has 2 aromatic rings. The van der Waals surface area contributed by atoms with E-state index in [0.29, 0.717) is 17.5 Å². The van der Waals surface area contributed by atoms with Crippen LogP contribution >= 0.6 is 0 Å². The summed E-state index contributed by atoms with van der Waals surface area (Å²) in [6.45, 7) is 0. The summed E-state index contributed by atoms with van der Waals surface area (Å²) >= 11 is 0. The van der Waals surface area contributed by atoms with Crippen LogP contribution in [-0.2, 0) is 12.0 Å². The molecule has 0 amide bonds. The van der Waals surface area contributed by atoms with Gasteiger partial charge in [-0.2, -0.15) is 0 Å². The third kappa shape index (κ3) is 1.75. The Labute approximate surface area is 108 Å². The molecule has 0 radical (unpaired) electrons. The number of aliphatic hydroxyl groups is 1. The van der Waals surface area contributed by atoms with Crippen LogP contribution in [0.4, 0.5) is 13.2 Å². The number of fused-ring (bicyclic) bond motifs is 1. The predicted octanol–water partition coefficient (Wildman–Crippen LogP) is 3.29. The fraction of sp³-hybridized carbons (Fsp3) is 0.200. The molecule has 0 fully saturated rings. The van der Waals surface area contributed by atoms with Gasteiger partial charge in [0.2, 0.25) is 0 Å². The van der Waals surface area contributed by atoms with Crippen molar-refractivity contribution in [3.05, 3.63) is 70.5 Å². The first kappa shape index (κ1) is 12.2. The monoisotopic (exact) mass is 264 g/mol. The molecular formula is C15H11F3O. The van der Waals surface area contributed by atoms with E-state index < -0.39 is 23.1 Å². The van der Waals surface area contributed by atoms with Crippen LogP contribution in [0.15, 0.2) is 36.4 Å². The summed E-state index contributed by atoms with van der Waals surface area (Å²) in [4.78, 5) is 0. The summed E-state index contributed by atoms with van der Waals surface area (Å²) in [5, 5.41) is 10.7. The van der Waals surface area contributed by atoms with E-state index in [1.807, 2.05) is 0 Å². The first-order valence-electron chi connectivity index (χ1n) is 5.98. The van der Waals surface area contributed by atoms with Crippen molar-refractivity contribution < 1.29 is 18.3 Å². The maximum atomic E-state index is 13.8. The lowest BCUT2D eigenvalue weighted by Gasteiger charge is -2.25. The van der Waals surface area contributed by atoms with Gasteiger partial charge in [0.1, 0.15) is 23.1 Å². The van der Waals surface area contributed by atoms with Gasteiger partial charge < -0.3 is 5.11 Å². The Balaban J connectivity index is 2.22. The fourth-order valence-corrected chi connectivity index (χ4v) is 2.73. The summed E-state index contributed by atoms with van der Waals surface area (Å²) in [5.41, 5.74) is -1.12.